The van der Waals surface area contributed by atoms with Crippen LogP contribution in [0.25, 0.3) is 0 Å². The second kappa shape index (κ2) is 6.73. The van der Waals surface area contributed by atoms with Crippen molar-refractivity contribution >= 4 is 17.5 Å². The van der Waals surface area contributed by atoms with Crippen LogP contribution in [0, 0.1) is 13.8 Å². The molecule has 3 rings (SSSR count). The van der Waals surface area contributed by atoms with Crippen molar-refractivity contribution in [3.8, 4) is 11.5 Å². The van der Waals surface area contributed by atoms with E-state index in [1.807, 2.05) is 27.0 Å². The van der Waals surface area contributed by atoms with Crippen LogP contribution >= 0.6 is 11.6 Å². The minimum atomic E-state index is -0.152. The van der Waals surface area contributed by atoms with E-state index in [0.29, 0.717) is 47.5 Å². The van der Waals surface area contributed by atoms with E-state index in [-0.39, 0.29) is 5.91 Å². The molecule has 0 bridgehead atoms. The summed E-state index contributed by atoms with van der Waals surface area (Å²) in [7, 11) is 1.82. The quantitative estimate of drug-likeness (QED) is 0.925. The van der Waals surface area contributed by atoms with Crippen molar-refractivity contribution in [2.24, 2.45) is 7.05 Å². The van der Waals surface area contributed by atoms with Crippen LogP contribution in [-0.2, 0) is 13.6 Å². The summed E-state index contributed by atoms with van der Waals surface area (Å²) < 4.78 is 13.0. The minimum absolute atomic E-state index is 0.152. The molecule has 0 atom stereocenters. The van der Waals surface area contributed by atoms with Gasteiger partial charge in [0.25, 0.3) is 5.91 Å². The highest BCUT2D eigenvalue weighted by Gasteiger charge is 2.19. The number of aromatic nitrogens is 2. The number of benzene rings is 1. The Bertz CT molecular complexity index is 786. The largest absolute Gasteiger partial charge is 0.489 e. The molecular formula is C17H20ClN3O3. The first-order chi connectivity index (χ1) is 11.5. The summed E-state index contributed by atoms with van der Waals surface area (Å²) in [6.07, 6.45) is 0.816. The third-order valence-corrected chi connectivity index (χ3v) is 4.33. The number of rotatable bonds is 3. The number of hydrogen-bond acceptors (Lipinski definition) is 4. The monoisotopic (exact) mass is 349 g/mol. The van der Waals surface area contributed by atoms with E-state index in [9.17, 15) is 4.79 Å². The molecule has 1 aliphatic rings. The van der Waals surface area contributed by atoms with E-state index in [1.165, 1.54) is 0 Å². The lowest BCUT2D eigenvalue weighted by Gasteiger charge is -2.12. The predicted octanol–water partition coefficient (Wildman–Crippen LogP) is 2.78. The van der Waals surface area contributed by atoms with Crippen LogP contribution in [0.15, 0.2) is 12.1 Å². The molecular weight excluding hydrogens is 330 g/mol. The van der Waals surface area contributed by atoms with E-state index in [4.69, 9.17) is 21.1 Å². The Morgan fingerprint density at radius 1 is 1.33 bits per heavy atom. The van der Waals surface area contributed by atoms with Gasteiger partial charge < -0.3 is 14.8 Å². The number of halogens is 1. The maximum atomic E-state index is 12.4. The van der Waals surface area contributed by atoms with E-state index in [0.717, 1.165) is 17.7 Å². The number of ether oxygens (including phenoxy) is 2. The van der Waals surface area contributed by atoms with Crippen molar-refractivity contribution in [3.05, 3.63) is 39.7 Å². The SMILES string of the molecule is Cc1nn(C)c(C)c1C(=O)NCc1cc(Cl)c2c(c1)OCCCO2. The van der Waals surface area contributed by atoms with Gasteiger partial charge in [-0.1, -0.05) is 11.6 Å². The van der Waals surface area contributed by atoms with Crippen molar-refractivity contribution in [1.82, 2.24) is 15.1 Å². The van der Waals surface area contributed by atoms with E-state index in [1.54, 1.807) is 10.7 Å². The van der Waals surface area contributed by atoms with Crippen molar-refractivity contribution in [3.63, 3.8) is 0 Å². The average Bonchev–Trinajstić information content (AvgIpc) is 2.71. The van der Waals surface area contributed by atoms with Crippen LogP contribution in [0.2, 0.25) is 5.02 Å². The third-order valence-electron chi connectivity index (χ3n) is 4.05. The zero-order chi connectivity index (χ0) is 17.3. The summed E-state index contributed by atoms with van der Waals surface area (Å²) >= 11 is 6.27. The summed E-state index contributed by atoms with van der Waals surface area (Å²) in [6.45, 7) is 5.23. The molecule has 1 aromatic heterocycles. The van der Waals surface area contributed by atoms with E-state index < -0.39 is 0 Å². The van der Waals surface area contributed by atoms with Crippen LogP contribution in [0.3, 0.4) is 0 Å². The Morgan fingerprint density at radius 2 is 2.08 bits per heavy atom. The molecule has 1 aliphatic heterocycles. The van der Waals surface area contributed by atoms with E-state index in [2.05, 4.69) is 10.4 Å². The molecule has 0 radical (unpaired) electrons. The Hall–Kier alpha value is -2.21. The highest BCUT2D eigenvalue weighted by Crippen LogP contribution is 2.37. The smallest absolute Gasteiger partial charge is 0.255 e. The van der Waals surface area contributed by atoms with Gasteiger partial charge in [-0.15, -0.1) is 0 Å². The summed E-state index contributed by atoms with van der Waals surface area (Å²) in [5, 5.41) is 7.67. The number of fused-ring (bicyclic) bond motifs is 1. The molecule has 0 aliphatic carbocycles. The highest BCUT2D eigenvalue weighted by atomic mass is 35.5. The van der Waals surface area contributed by atoms with Gasteiger partial charge >= 0.3 is 0 Å². The molecule has 24 heavy (non-hydrogen) atoms. The topological polar surface area (TPSA) is 65.4 Å². The van der Waals surface area contributed by atoms with Gasteiger partial charge in [0.15, 0.2) is 11.5 Å². The van der Waals surface area contributed by atoms with Crippen LogP contribution in [0.5, 0.6) is 11.5 Å². The van der Waals surface area contributed by atoms with Gasteiger partial charge in [0.05, 0.1) is 29.5 Å². The molecule has 0 spiro atoms. The second-order valence-electron chi connectivity index (χ2n) is 5.81. The summed E-state index contributed by atoms with van der Waals surface area (Å²) in [5.41, 5.74) is 3.01. The highest BCUT2D eigenvalue weighted by molar-refractivity contribution is 6.32. The Morgan fingerprint density at radius 3 is 2.79 bits per heavy atom. The van der Waals surface area contributed by atoms with Crippen LogP contribution in [-0.4, -0.2) is 28.9 Å². The standard InChI is InChI=1S/C17H20ClN3O3/c1-10-15(11(2)21(3)20-10)17(22)19-9-12-7-13(18)16-14(8-12)23-5-4-6-24-16/h7-8H,4-6,9H2,1-3H3,(H,19,22). The Kier molecular flexibility index (Phi) is 4.66. The second-order valence-corrected chi connectivity index (χ2v) is 6.21. The third kappa shape index (κ3) is 3.19. The van der Waals surface area contributed by atoms with Crippen molar-refractivity contribution in [1.29, 1.82) is 0 Å². The maximum Gasteiger partial charge on any atom is 0.255 e. The summed E-state index contributed by atoms with van der Waals surface area (Å²) in [6, 6.07) is 3.65. The van der Waals surface area contributed by atoms with Crippen LogP contribution in [0.1, 0.15) is 33.7 Å². The fourth-order valence-corrected chi connectivity index (χ4v) is 3.05. The van der Waals surface area contributed by atoms with Crippen molar-refractivity contribution < 1.29 is 14.3 Å². The zero-order valence-electron chi connectivity index (χ0n) is 14.0. The summed E-state index contributed by atoms with van der Waals surface area (Å²) in [4.78, 5) is 12.4. The molecule has 0 saturated heterocycles. The lowest BCUT2D eigenvalue weighted by molar-refractivity contribution is 0.0949. The average molecular weight is 350 g/mol. The number of nitrogens with one attached hydrogen (secondary N) is 1. The number of hydrogen-bond donors (Lipinski definition) is 1. The molecule has 1 amide bonds. The lowest BCUT2D eigenvalue weighted by atomic mass is 10.1. The predicted molar refractivity (Wildman–Crippen MR) is 90.9 cm³/mol. The molecule has 128 valence electrons. The van der Waals surface area contributed by atoms with Gasteiger partial charge in [-0.05, 0) is 31.5 Å². The normalized spacial score (nSPS) is 13.5. The first kappa shape index (κ1) is 16.6. The van der Waals surface area contributed by atoms with Gasteiger partial charge in [-0.3, -0.25) is 9.48 Å². The Labute approximate surface area is 145 Å². The molecule has 0 saturated carbocycles. The molecule has 2 aromatic rings. The molecule has 1 N–H and O–H groups in total. The molecule has 7 heteroatoms. The number of carbonyl (C=O) groups is 1. The van der Waals surface area contributed by atoms with Gasteiger partial charge in [0.2, 0.25) is 0 Å². The Balaban J connectivity index is 1.76. The first-order valence-corrected chi connectivity index (χ1v) is 8.21. The van der Waals surface area contributed by atoms with Gasteiger partial charge in [-0.2, -0.15) is 5.10 Å². The fourth-order valence-electron chi connectivity index (χ4n) is 2.76. The first-order valence-electron chi connectivity index (χ1n) is 7.83. The number of carbonyl (C=O) groups excluding carboxylic acids is 1. The van der Waals surface area contributed by atoms with Crippen molar-refractivity contribution in [2.75, 3.05) is 13.2 Å². The molecule has 2 heterocycles. The fraction of sp³-hybridized carbons (Fsp3) is 0.412. The molecule has 1 aromatic carbocycles. The van der Waals surface area contributed by atoms with Gasteiger partial charge in [0.1, 0.15) is 0 Å². The zero-order valence-corrected chi connectivity index (χ0v) is 14.7. The lowest BCUT2D eigenvalue weighted by Crippen LogP contribution is -2.24. The van der Waals surface area contributed by atoms with Gasteiger partial charge in [0, 0.05) is 25.7 Å². The molecule has 0 fully saturated rings. The van der Waals surface area contributed by atoms with Gasteiger partial charge in [-0.25, -0.2) is 0 Å². The maximum absolute atomic E-state index is 12.4. The number of aryl methyl sites for hydroxylation is 2. The van der Waals surface area contributed by atoms with Crippen LogP contribution in [0.4, 0.5) is 0 Å². The summed E-state index contributed by atoms with van der Waals surface area (Å²) in [5.74, 6) is 1.04. The number of nitrogens with zero attached hydrogens (tertiary/aromatic N) is 2. The molecule has 6 nitrogen and oxygen atoms in total. The van der Waals surface area contributed by atoms with E-state index >= 15 is 0 Å². The van der Waals surface area contributed by atoms with Crippen LogP contribution < -0.4 is 14.8 Å². The van der Waals surface area contributed by atoms with Crippen molar-refractivity contribution in [2.45, 2.75) is 26.8 Å². The minimum Gasteiger partial charge on any atom is -0.489 e. The molecule has 0 unspecified atom stereocenters. The number of amides is 1.